The van der Waals surface area contributed by atoms with Crippen LogP contribution in [0, 0.1) is 17.8 Å². The first kappa shape index (κ1) is 11.8. The van der Waals surface area contributed by atoms with Gasteiger partial charge in [0.15, 0.2) is 0 Å². The molecule has 78 valence electrons. The van der Waals surface area contributed by atoms with E-state index in [0.717, 1.165) is 23.0 Å². The summed E-state index contributed by atoms with van der Waals surface area (Å²) in [5.41, 5.74) is 0. The molecule has 1 fully saturated rings. The van der Waals surface area contributed by atoms with Gasteiger partial charge in [-0.25, -0.2) is 0 Å². The minimum atomic E-state index is 0.844. The fraction of sp³-hybridized carbons (Fsp3) is 1.00. The Hall–Kier alpha value is 0.700. The van der Waals surface area contributed by atoms with Crippen LogP contribution < -0.4 is 0 Å². The fourth-order valence-corrected chi connectivity index (χ4v) is 6.26. The average Bonchev–Trinajstić information content (AvgIpc) is 2.16. The molecule has 3 unspecified atom stereocenters. The molecule has 0 saturated carbocycles. The molecule has 1 saturated heterocycles. The first-order valence-electron chi connectivity index (χ1n) is 5.48. The van der Waals surface area contributed by atoms with E-state index in [1.807, 2.05) is 0 Å². The van der Waals surface area contributed by atoms with Crippen molar-refractivity contribution in [2.45, 2.75) is 45.8 Å². The fourth-order valence-electron chi connectivity index (χ4n) is 2.26. The molecule has 1 heterocycles. The zero-order valence-corrected chi connectivity index (χ0v) is 10.9. The Morgan fingerprint density at radius 2 is 1.92 bits per heavy atom. The van der Waals surface area contributed by atoms with E-state index < -0.39 is 0 Å². The maximum absolute atomic E-state index is 2.37. The highest BCUT2D eigenvalue weighted by molar-refractivity contribution is 8.77. The van der Waals surface area contributed by atoms with Gasteiger partial charge in [-0.3, -0.25) is 0 Å². The molecular formula is C11H22S2. The lowest BCUT2D eigenvalue weighted by Gasteiger charge is -2.38. The lowest BCUT2D eigenvalue weighted by molar-refractivity contribution is 0.298. The largest absolute Gasteiger partial charge is 0.0936 e. The molecule has 0 bridgehead atoms. The van der Waals surface area contributed by atoms with Crippen LogP contribution in [0.5, 0.6) is 0 Å². The van der Waals surface area contributed by atoms with E-state index in [4.69, 9.17) is 0 Å². The Morgan fingerprint density at radius 3 is 2.38 bits per heavy atom. The minimum Gasteiger partial charge on any atom is -0.0936 e. The molecule has 0 aromatic carbocycles. The van der Waals surface area contributed by atoms with Crippen molar-refractivity contribution < 1.29 is 0 Å². The molecule has 0 nitrogen and oxygen atoms in total. The molecular weight excluding hydrogens is 196 g/mol. The zero-order chi connectivity index (χ0) is 9.84. The molecule has 1 rings (SSSR count). The van der Waals surface area contributed by atoms with Crippen molar-refractivity contribution in [3.8, 4) is 0 Å². The van der Waals surface area contributed by atoms with Crippen molar-refractivity contribution in [1.29, 1.82) is 0 Å². The van der Waals surface area contributed by atoms with Gasteiger partial charge in [0.05, 0.1) is 0 Å². The number of hydrogen-bond acceptors (Lipinski definition) is 2. The first-order valence-corrected chi connectivity index (χ1v) is 7.87. The Kier molecular flexibility index (Phi) is 5.03. The van der Waals surface area contributed by atoms with Crippen molar-refractivity contribution in [3.05, 3.63) is 0 Å². The van der Waals surface area contributed by atoms with E-state index in [0.29, 0.717) is 0 Å². The maximum Gasteiger partial charge on any atom is 0.0205 e. The van der Waals surface area contributed by atoms with Crippen molar-refractivity contribution >= 4 is 21.6 Å². The standard InChI is InChI=1S/C11H22S2/c1-5-9-7-12-13-11(8(3)4)10(9)6-2/h8-11H,5-7H2,1-4H3. The highest BCUT2D eigenvalue weighted by Crippen LogP contribution is 2.47. The van der Waals surface area contributed by atoms with E-state index in [1.54, 1.807) is 0 Å². The van der Waals surface area contributed by atoms with Gasteiger partial charge in [-0.05, 0) is 17.8 Å². The van der Waals surface area contributed by atoms with Crippen LogP contribution in [-0.2, 0) is 0 Å². The third kappa shape index (κ3) is 2.82. The van der Waals surface area contributed by atoms with E-state index in [2.05, 4.69) is 49.3 Å². The third-order valence-corrected chi connectivity index (χ3v) is 6.44. The summed E-state index contributed by atoms with van der Waals surface area (Å²) in [6.07, 6.45) is 2.74. The maximum atomic E-state index is 2.37. The van der Waals surface area contributed by atoms with Crippen molar-refractivity contribution in [2.75, 3.05) is 5.75 Å². The van der Waals surface area contributed by atoms with E-state index in [-0.39, 0.29) is 0 Å². The van der Waals surface area contributed by atoms with Gasteiger partial charge >= 0.3 is 0 Å². The molecule has 0 radical (unpaired) electrons. The Balaban J connectivity index is 2.61. The van der Waals surface area contributed by atoms with Gasteiger partial charge in [0.2, 0.25) is 0 Å². The Labute approximate surface area is 91.0 Å². The van der Waals surface area contributed by atoms with Gasteiger partial charge in [0, 0.05) is 11.0 Å². The highest BCUT2D eigenvalue weighted by atomic mass is 33.1. The predicted molar refractivity (Wildman–Crippen MR) is 66.2 cm³/mol. The molecule has 13 heavy (non-hydrogen) atoms. The number of hydrogen-bond donors (Lipinski definition) is 0. The van der Waals surface area contributed by atoms with Crippen LogP contribution in [0.2, 0.25) is 0 Å². The van der Waals surface area contributed by atoms with Gasteiger partial charge in [0.1, 0.15) is 0 Å². The summed E-state index contributed by atoms with van der Waals surface area (Å²) in [5.74, 6) is 4.17. The summed E-state index contributed by atoms with van der Waals surface area (Å²) < 4.78 is 0. The second-order valence-corrected chi connectivity index (χ2v) is 6.92. The molecule has 2 heteroatoms. The molecule has 0 aliphatic carbocycles. The average molecular weight is 218 g/mol. The normalized spacial score (nSPS) is 35.3. The molecule has 0 spiro atoms. The molecule has 3 atom stereocenters. The van der Waals surface area contributed by atoms with Crippen LogP contribution in [0.15, 0.2) is 0 Å². The summed E-state index contributed by atoms with van der Waals surface area (Å²) in [5, 5.41) is 0.897. The van der Waals surface area contributed by atoms with Crippen molar-refractivity contribution in [2.24, 2.45) is 17.8 Å². The second-order valence-electron chi connectivity index (χ2n) is 4.33. The van der Waals surface area contributed by atoms with Gasteiger partial charge < -0.3 is 0 Å². The monoisotopic (exact) mass is 218 g/mol. The van der Waals surface area contributed by atoms with Crippen LogP contribution in [0.3, 0.4) is 0 Å². The summed E-state index contributed by atoms with van der Waals surface area (Å²) in [6.45, 7) is 9.46. The zero-order valence-electron chi connectivity index (χ0n) is 9.25. The van der Waals surface area contributed by atoms with Gasteiger partial charge in [0.25, 0.3) is 0 Å². The lowest BCUT2D eigenvalue weighted by Crippen LogP contribution is -2.32. The van der Waals surface area contributed by atoms with Crippen molar-refractivity contribution in [1.82, 2.24) is 0 Å². The Bertz CT molecular complexity index is 145. The first-order chi connectivity index (χ1) is 6.20. The minimum absolute atomic E-state index is 0.844. The third-order valence-electron chi connectivity index (χ3n) is 3.14. The van der Waals surface area contributed by atoms with Crippen LogP contribution in [0.25, 0.3) is 0 Å². The highest BCUT2D eigenvalue weighted by Gasteiger charge is 2.33. The van der Waals surface area contributed by atoms with E-state index in [1.165, 1.54) is 18.6 Å². The molecule has 0 amide bonds. The molecule has 0 aromatic rings. The van der Waals surface area contributed by atoms with Gasteiger partial charge in [-0.15, -0.1) is 0 Å². The predicted octanol–water partition coefficient (Wildman–Crippen LogP) is 4.46. The second kappa shape index (κ2) is 5.55. The van der Waals surface area contributed by atoms with E-state index in [9.17, 15) is 0 Å². The number of rotatable bonds is 3. The Morgan fingerprint density at radius 1 is 1.23 bits per heavy atom. The smallest absolute Gasteiger partial charge is 0.0205 e. The molecule has 0 aromatic heterocycles. The van der Waals surface area contributed by atoms with Crippen LogP contribution in [0.4, 0.5) is 0 Å². The summed E-state index contributed by atoms with van der Waals surface area (Å²) in [4.78, 5) is 0. The lowest BCUT2D eigenvalue weighted by atomic mass is 9.82. The molecule has 0 N–H and O–H groups in total. The summed E-state index contributed by atoms with van der Waals surface area (Å²) in [7, 11) is 4.24. The van der Waals surface area contributed by atoms with Crippen LogP contribution in [0.1, 0.15) is 40.5 Å². The van der Waals surface area contributed by atoms with E-state index >= 15 is 0 Å². The SMILES string of the molecule is CCC1CSSC(C(C)C)C1CC. The van der Waals surface area contributed by atoms with Gasteiger partial charge in [-0.2, -0.15) is 0 Å². The van der Waals surface area contributed by atoms with Crippen LogP contribution >= 0.6 is 21.6 Å². The van der Waals surface area contributed by atoms with Crippen LogP contribution in [-0.4, -0.2) is 11.0 Å². The topological polar surface area (TPSA) is 0 Å². The molecule has 1 aliphatic heterocycles. The quantitative estimate of drug-likeness (QED) is 0.642. The van der Waals surface area contributed by atoms with Crippen molar-refractivity contribution in [3.63, 3.8) is 0 Å². The molecule has 1 aliphatic rings. The summed E-state index contributed by atoms with van der Waals surface area (Å²) in [6, 6.07) is 0. The summed E-state index contributed by atoms with van der Waals surface area (Å²) >= 11 is 0. The van der Waals surface area contributed by atoms with Gasteiger partial charge in [-0.1, -0.05) is 62.1 Å².